The number of aryl methyl sites for hydroxylation is 1. The van der Waals surface area contributed by atoms with Crippen LogP contribution in [0.5, 0.6) is 0 Å². The summed E-state index contributed by atoms with van der Waals surface area (Å²) in [5, 5.41) is 15.2. The Morgan fingerprint density at radius 3 is 3.06 bits per heavy atom. The monoisotopic (exact) mass is 219 g/mol. The van der Waals surface area contributed by atoms with Crippen molar-refractivity contribution < 1.29 is 4.42 Å². The maximum absolute atomic E-state index is 5.47. The Morgan fingerprint density at radius 2 is 2.38 bits per heavy atom. The van der Waals surface area contributed by atoms with Crippen LogP contribution in [0.3, 0.4) is 0 Å². The number of nitrogens with zero attached hydrogens (tertiary/aromatic N) is 4. The molecule has 3 rings (SSSR count). The molecule has 0 aliphatic heterocycles. The van der Waals surface area contributed by atoms with Crippen LogP contribution in [-0.4, -0.2) is 20.0 Å². The first-order valence-electron chi connectivity index (χ1n) is 5.37. The van der Waals surface area contributed by atoms with E-state index in [0.29, 0.717) is 18.5 Å². The molecule has 1 N–H and O–H groups in total. The van der Waals surface area contributed by atoms with Gasteiger partial charge in [0.25, 0.3) is 0 Å². The lowest BCUT2D eigenvalue weighted by Gasteiger charge is -1.96. The molecule has 16 heavy (non-hydrogen) atoms. The van der Waals surface area contributed by atoms with E-state index in [1.165, 1.54) is 12.8 Å². The molecule has 1 fully saturated rings. The summed E-state index contributed by atoms with van der Waals surface area (Å²) in [4.78, 5) is 0. The molecule has 0 aromatic carbocycles. The Labute approximate surface area is 92.7 Å². The summed E-state index contributed by atoms with van der Waals surface area (Å²) in [7, 11) is 1.89. The first kappa shape index (κ1) is 9.38. The minimum atomic E-state index is 0.479. The average molecular weight is 219 g/mol. The topological polar surface area (TPSA) is 68.8 Å². The van der Waals surface area contributed by atoms with Crippen LogP contribution < -0.4 is 5.32 Å². The van der Waals surface area contributed by atoms with E-state index in [1.54, 1.807) is 4.68 Å². The first-order valence-corrected chi connectivity index (χ1v) is 5.37. The maximum Gasteiger partial charge on any atom is 0.315 e. The number of hydrogen-bond acceptors (Lipinski definition) is 5. The van der Waals surface area contributed by atoms with Crippen molar-refractivity contribution in [2.75, 3.05) is 5.32 Å². The second-order valence-electron chi connectivity index (χ2n) is 4.05. The summed E-state index contributed by atoms with van der Waals surface area (Å²) in [5.41, 5.74) is 0.952. The number of aromatic nitrogens is 4. The molecule has 6 nitrogen and oxygen atoms in total. The zero-order valence-electron chi connectivity index (χ0n) is 9.05. The first-order chi connectivity index (χ1) is 7.81. The van der Waals surface area contributed by atoms with Crippen LogP contribution in [0, 0.1) is 0 Å². The molecule has 0 amide bonds. The van der Waals surface area contributed by atoms with Crippen molar-refractivity contribution in [3.05, 3.63) is 23.8 Å². The maximum atomic E-state index is 5.47. The van der Waals surface area contributed by atoms with Gasteiger partial charge < -0.3 is 9.73 Å². The normalized spacial score (nSPS) is 15.3. The Bertz CT molecular complexity index is 485. The van der Waals surface area contributed by atoms with E-state index < -0.39 is 0 Å². The van der Waals surface area contributed by atoms with Crippen molar-refractivity contribution in [1.82, 2.24) is 20.0 Å². The standard InChI is InChI=1S/C10H13N5O/c1-15-5-4-8(14-15)6-11-10-13-12-9(16-10)7-2-3-7/h4-5,7H,2-3,6H2,1H3,(H,11,13). The van der Waals surface area contributed by atoms with E-state index in [4.69, 9.17) is 4.42 Å². The van der Waals surface area contributed by atoms with Crippen LogP contribution in [0.25, 0.3) is 0 Å². The van der Waals surface area contributed by atoms with Crippen molar-refractivity contribution >= 4 is 6.01 Å². The smallest absolute Gasteiger partial charge is 0.315 e. The summed E-state index contributed by atoms with van der Waals surface area (Å²) in [6.07, 6.45) is 4.24. The highest BCUT2D eigenvalue weighted by Gasteiger charge is 2.29. The third kappa shape index (κ3) is 1.91. The molecular formula is C10H13N5O. The van der Waals surface area contributed by atoms with Crippen molar-refractivity contribution in [1.29, 1.82) is 0 Å². The lowest BCUT2D eigenvalue weighted by Crippen LogP contribution is -2.01. The summed E-state index contributed by atoms with van der Waals surface area (Å²) < 4.78 is 7.23. The second kappa shape index (κ2) is 3.62. The quantitative estimate of drug-likeness (QED) is 0.839. The van der Waals surface area contributed by atoms with Crippen molar-refractivity contribution in [2.45, 2.75) is 25.3 Å². The minimum Gasteiger partial charge on any atom is -0.408 e. The fourth-order valence-corrected chi connectivity index (χ4v) is 1.52. The lowest BCUT2D eigenvalue weighted by atomic mass is 10.4. The molecule has 1 aliphatic carbocycles. The van der Waals surface area contributed by atoms with Gasteiger partial charge in [0.15, 0.2) is 0 Å². The molecule has 2 aromatic heterocycles. The molecule has 0 spiro atoms. The van der Waals surface area contributed by atoms with Gasteiger partial charge in [0.05, 0.1) is 12.2 Å². The summed E-state index contributed by atoms with van der Waals surface area (Å²) in [6.45, 7) is 0.604. The van der Waals surface area contributed by atoms with Gasteiger partial charge in [-0.25, -0.2) is 0 Å². The van der Waals surface area contributed by atoms with Gasteiger partial charge in [0.1, 0.15) is 0 Å². The third-order valence-electron chi connectivity index (χ3n) is 2.56. The molecule has 0 radical (unpaired) electrons. The summed E-state index contributed by atoms with van der Waals surface area (Å²) in [5.74, 6) is 1.25. The molecule has 6 heteroatoms. The van der Waals surface area contributed by atoms with Crippen LogP contribution >= 0.6 is 0 Å². The zero-order valence-corrected chi connectivity index (χ0v) is 9.05. The van der Waals surface area contributed by atoms with Crippen LogP contribution in [0.1, 0.15) is 30.3 Å². The SMILES string of the molecule is Cn1ccc(CNc2nnc(C3CC3)o2)n1. The number of nitrogens with one attached hydrogen (secondary N) is 1. The Hall–Kier alpha value is -1.85. The van der Waals surface area contributed by atoms with Crippen molar-refractivity contribution in [3.8, 4) is 0 Å². The van der Waals surface area contributed by atoms with E-state index in [0.717, 1.165) is 11.6 Å². The van der Waals surface area contributed by atoms with Crippen LogP contribution in [0.2, 0.25) is 0 Å². The lowest BCUT2D eigenvalue weighted by molar-refractivity contribution is 0.506. The summed E-state index contributed by atoms with van der Waals surface area (Å²) >= 11 is 0. The molecule has 0 bridgehead atoms. The van der Waals surface area contributed by atoms with Gasteiger partial charge in [-0.2, -0.15) is 5.10 Å². The van der Waals surface area contributed by atoms with E-state index in [2.05, 4.69) is 20.6 Å². The predicted molar refractivity (Wildman–Crippen MR) is 56.8 cm³/mol. The highest BCUT2D eigenvalue weighted by molar-refractivity contribution is 5.20. The molecule has 1 saturated carbocycles. The largest absolute Gasteiger partial charge is 0.408 e. The van der Waals surface area contributed by atoms with Crippen LogP contribution in [0.15, 0.2) is 16.7 Å². The molecule has 84 valence electrons. The number of anilines is 1. The molecular weight excluding hydrogens is 206 g/mol. The number of hydrogen-bond donors (Lipinski definition) is 1. The van der Waals surface area contributed by atoms with E-state index in [-0.39, 0.29) is 0 Å². The molecule has 0 unspecified atom stereocenters. The van der Waals surface area contributed by atoms with Gasteiger partial charge in [0.2, 0.25) is 5.89 Å². The van der Waals surface area contributed by atoms with Gasteiger partial charge in [-0.3, -0.25) is 4.68 Å². The van der Waals surface area contributed by atoms with Gasteiger partial charge in [-0.05, 0) is 18.9 Å². The average Bonchev–Trinajstić information content (AvgIpc) is 2.87. The highest BCUT2D eigenvalue weighted by atomic mass is 16.4. The van der Waals surface area contributed by atoms with E-state index in [9.17, 15) is 0 Å². The van der Waals surface area contributed by atoms with Crippen molar-refractivity contribution in [3.63, 3.8) is 0 Å². The molecule has 0 saturated heterocycles. The number of rotatable bonds is 4. The summed E-state index contributed by atoms with van der Waals surface area (Å²) in [6, 6.07) is 2.43. The molecule has 2 aromatic rings. The highest BCUT2D eigenvalue weighted by Crippen LogP contribution is 2.39. The van der Waals surface area contributed by atoms with Crippen molar-refractivity contribution in [2.24, 2.45) is 7.05 Å². The Kier molecular flexibility index (Phi) is 2.12. The van der Waals surface area contributed by atoms with Gasteiger partial charge >= 0.3 is 6.01 Å². The third-order valence-corrected chi connectivity index (χ3v) is 2.56. The second-order valence-corrected chi connectivity index (χ2v) is 4.05. The Morgan fingerprint density at radius 1 is 1.50 bits per heavy atom. The molecule has 2 heterocycles. The van der Waals surface area contributed by atoms with E-state index >= 15 is 0 Å². The van der Waals surface area contributed by atoms with Crippen LogP contribution in [0.4, 0.5) is 6.01 Å². The van der Waals surface area contributed by atoms with E-state index in [1.807, 2.05) is 19.3 Å². The van der Waals surface area contributed by atoms with Gasteiger partial charge in [0, 0.05) is 19.2 Å². The Balaban J connectivity index is 1.61. The van der Waals surface area contributed by atoms with Gasteiger partial charge in [-0.15, -0.1) is 5.10 Å². The van der Waals surface area contributed by atoms with Crippen LogP contribution in [-0.2, 0) is 13.6 Å². The predicted octanol–water partition coefficient (Wildman–Crippen LogP) is 1.29. The fraction of sp³-hybridized carbons (Fsp3) is 0.500. The van der Waals surface area contributed by atoms with Gasteiger partial charge in [-0.1, -0.05) is 5.10 Å². The minimum absolute atomic E-state index is 0.479. The fourth-order valence-electron chi connectivity index (χ4n) is 1.52. The molecule has 0 atom stereocenters. The molecule has 1 aliphatic rings. The zero-order chi connectivity index (χ0) is 11.0.